The van der Waals surface area contributed by atoms with Gasteiger partial charge in [-0.3, -0.25) is 0 Å². The topological polar surface area (TPSA) is 13.1 Å². The number of benzene rings is 8. The molecule has 9 rings (SSSR count). The molecule has 0 radical (unpaired) electrons. The number of hydrogen-bond acceptors (Lipinski definition) is 1. The van der Waals surface area contributed by atoms with Crippen molar-refractivity contribution in [1.29, 1.82) is 0 Å². The van der Waals surface area contributed by atoms with Gasteiger partial charge in [0.15, 0.2) is 0 Å². The third-order valence-electron chi connectivity index (χ3n) is 8.55. The largest absolute Gasteiger partial charge is 0.456 e. The lowest BCUT2D eigenvalue weighted by Gasteiger charge is -2.19. The van der Waals surface area contributed by atoms with Crippen molar-refractivity contribution in [1.82, 2.24) is 0 Å². The zero-order chi connectivity index (χ0) is 32.7. The smallest absolute Gasteiger partial charge is 0.136 e. The van der Waals surface area contributed by atoms with Crippen LogP contribution in [0.15, 0.2) is 162 Å². The average molecular weight is 552 g/mol. The minimum Gasteiger partial charge on any atom is -0.456 e. The summed E-state index contributed by atoms with van der Waals surface area (Å²) in [6.45, 7) is 0. The number of rotatable bonds is 3. The van der Waals surface area contributed by atoms with E-state index in [-0.39, 0.29) is 29.7 Å². The van der Waals surface area contributed by atoms with Crippen molar-refractivity contribution in [2.24, 2.45) is 0 Å². The van der Waals surface area contributed by atoms with E-state index in [2.05, 4.69) is 72.8 Å². The van der Waals surface area contributed by atoms with Gasteiger partial charge in [-0.1, -0.05) is 139 Å². The predicted octanol–water partition coefficient (Wildman–Crippen LogP) is 12.0. The standard InChI is InChI=1S/C42H26O/c1-2-12-27(13-3-1)30-15-6-7-17-32(30)41-35-20-10-8-18-33(35)40(34-19-9-11-21-36(34)41)29-23-24-38-37(26-29)42-31-16-5-4-14-28(31)22-25-39(42)43-38/h1-26H/i1D,2D,3D,12D,13D. The van der Waals surface area contributed by atoms with Crippen molar-refractivity contribution < 1.29 is 11.3 Å². The molecule has 1 nitrogen and oxygen atoms in total. The monoisotopic (exact) mass is 551 g/mol. The van der Waals surface area contributed by atoms with Crippen molar-refractivity contribution in [2.75, 3.05) is 0 Å². The maximum atomic E-state index is 8.78. The zero-order valence-corrected chi connectivity index (χ0v) is 23.0. The summed E-state index contributed by atoms with van der Waals surface area (Å²) in [5.74, 6) is 0. The van der Waals surface area contributed by atoms with E-state index in [0.717, 1.165) is 76.5 Å². The van der Waals surface area contributed by atoms with Crippen LogP contribution in [0.3, 0.4) is 0 Å². The molecule has 0 N–H and O–H groups in total. The van der Waals surface area contributed by atoms with Gasteiger partial charge in [-0.2, -0.15) is 0 Å². The minimum absolute atomic E-state index is 0.193. The van der Waals surface area contributed by atoms with Crippen LogP contribution < -0.4 is 0 Å². The van der Waals surface area contributed by atoms with Gasteiger partial charge in [0, 0.05) is 10.8 Å². The van der Waals surface area contributed by atoms with Crippen LogP contribution in [0.4, 0.5) is 0 Å². The third-order valence-corrected chi connectivity index (χ3v) is 8.55. The van der Waals surface area contributed by atoms with Gasteiger partial charge in [-0.15, -0.1) is 0 Å². The maximum absolute atomic E-state index is 8.78. The Morgan fingerprint density at radius 1 is 0.419 bits per heavy atom. The molecular formula is C42H26O. The summed E-state index contributed by atoms with van der Waals surface area (Å²) in [6.07, 6.45) is 0. The fourth-order valence-electron chi connectivity index (χ4n) is 6.74. The molecule has 0 fully saturated rings. The molecule has 0 saturated carbocycles. The van der Waals surface area contributed by atoms with E-state index in [1.807, 2.05) is 54.6 Å². The van der Waals surface area contributed by atoms with E-state index in [9.17, 15) is 0 Å². The lowest BCUT2D eigenvalue weighted by Crippen LogP contribution is -1.92. The highest BCUT2D eigenvalue weighted by Gasteiger charge is 2.20. The van der Waals surface area contributed by atoms with Crippen LogP contribution in [0.25, 0.3) is 87.6 Å². The second-order valence-corrected chi connectivity index (χ2v) is 10.9. The van der Waals surface area contributed by atoms with Crippen molar-refractivity contribution in [3.05, 3.63) is 158 Å². The molecule has 0 spiro atoms. The number of fused-ring (bicyclic) bond motifs is 7. The van der Waals surface area contributed by atoms with Crippen LogP contribution in [0.1, 0.15) is 6.85 Å². The highest BCUT2D eigenvalue weighted by Crippen LogP contribution is 2.47. The Kier molecular flexibility index (Phi) is 4.27. The van der Waals surface area contributed by atoms with E-state index in [1.54, 1.807) is 0 Å². The first-order valence-electron chi connectivity index (χ1n) is 16.9. The Balaban J connectivity index is 1.38. The van der Waals surface area contributed by atoms with Gasteiger partial charge in [0.1, 0.15) is 11.2 Å². The summed E-state index contributed by atoms with van der Waals surface area (Å²) in [7, 11) is 0. The molecule has 43 heavy (non-hydrogen) atoms. The minimum atomic E-state index is -0.401. The van der Waals surface area contributed by atoms with Crippen LogP contribution in [0.5, 0.6) is 0 Å². The van der Waals surface area contributed by atoms with Gasteiger partial charge in [0.05, 0.1) is 6.85 Å². The predicted molar refractivity (Wildman–Crippen MR) is 183 cm³/mol. The first kappa shape index (κ1) is 19.5. The molecule has 0 bridgehead atoms. The summed E-state index contributed by atoms with van der Waals surface area (Å²) in [5, 5.41) is 8.60. The summed E-state index contributed by atoms with van der Waals surface area (Å²) in [6, 6.07) is 41.7. The highest BCUT2D eigenvalue weighted by molar-refractivity contribution is 6.24. The number of furan rings is 1. The van der Waals surface area contributed by atoms with Gasteiger partial charge in [-0.05, 0) is 83.9 Å². The normalized spacial score (nSPS) is 13.3. The number of hydrogen-bond donors (Lipinski definition) is 0. The second-order valence-electron chi connectivity index (χ2n) is 10.9. The van der Waals surface area contributed by atoms with Gasteiger partial charge in [-0.25, -0.2) is 0 Å². The maximum Gasteiger partial charge on any atom is 0.136 e. The van der Waals surface area contributed by atoms with Crippen molar-refractivity contribution in [3.8, 4) is 33.4 Å². The van der Waals surface area contributed by atoms with Gasteiger partial charge in [0.25, 0.3) is 0 Å². The van der Waals surface area contributed by atoms with Crippen LogP contribution in [-0.4, -0.2) is 0 Å². The SMILES string of the molecule is [2H]c1c([2H])c([2H])c(-c2ccccc2-c2c3ccccc3c(-c3ccc4oc5ccc6ccccc6c5c4c3)c3ccccc23)c([2H])c1[2H]. The lowest BCUT2D eigenvalue weighted by molar-refractivity contribution is 0.669. The molecule has 0 saturated heterocycles. The summed E-state index contributed by atoms with van der Waals surface area (Å²) >= 11 is 0. The average Bonchev–Trinajstić information content (AvgIpc) is 3.51. The Labute approximate surface area is 256 Å². The molecule has 0 aliphatic rings. The fraction of sp³-hybridized carbons (Fsp3) is 0. The third kappa shape index (κ3) is 3.65. The fourth-order valence-corrected chi connectivity index (χ4v) is 6.74. The summed E-state index contributed by atoms with van der Waals surface area (Å²) in [5.41, 5.74) is 6.40. The van der Waals surface area contributed by atoms with Crippen molar-refractivity contribution in [2.45, 2.75) is 0 Å². The molecule has 8 aromatic carbocycles. The van der Waals surface area contributed by atoms with Gasteiger partial charge < -0.3 is 4.42 Å². The Morgan fingerprint density at radius 2 is 1.00 bits per heavy atom. The van der Waals surface area contributed by atoms with Gasteiger partial charge >= 0.3 is 0 Å². The van der Waals surface area contributed by atoms with E-state index >= 15 is 0 Å². The molecule has 0 unspecified atom stereocenters. The Morgan fingerprint density at radius 3 is 1.72 bits per heavy atom. The van der Waals surface area contributed by atoms with Crippen molar-refractivity contribution >= 4 is 54.3 Å². The zero-order valence-electron chi connectivity index (χ0n) is 28.0. The van der Waals surface area contributed by atoms with Crippen LogP contribution in [0.2, 0.25) is 0 Å². The molecule has 0 aliphatic carbocycles. The molecule has 1 aromatic heterocycles. The van der Waals surface area contributed by atoms with Crippen LogP contribution >= 0.6 is 0 Å². The van der Waals surface area contributed by atoms with E-state index < -0.39 is 6.04 Å². The van der Waals surface area contributed by atoms with Crippen molar-refractivity contribution in [3.63, 3.8) is 0 Å². The van der Waals surface area contributed by atoms with Crippen LogP contribution in [0, 0.1) is 0 Å². The molecule has 0 aliphatic heterocycles. The second kappa shape index (κ2) is 9.44. The lowest BCUT2D eigenvalue weighted by atomic mass is 9.83. The molecule has 200 valence electrons. The quantitative estimate of drug-likeness (QED) is 0.199. The summed E-state index contributed by atoms with van der Waals surface area (Å²) in [4.78, 5) is 0. The highest BCUT2D eigenvalue weighted by atomic mass is 16.3. The Bertz CT molecular complexity index is 2710. The van der Waals surface area contributed by atoms with Crippen LogP contribution in [-0.2, 0) is 0 Å². The molecule has 9 aromatic rings. The molecule has 1 heteroatoms. The molecule has 0 atom stereocenters. The first-order chi connectivity index (χ1) is 23.4. The Hall–Kier alpha value is -5.66. The molecule has 0 amide bonds. The van der Waals surface area contributed by atoms with E-state index in [0.29, 0.717) is 5.56 Å². The van der Waals surface area contributed by atoms with Gasteiger partial charge in [0.2, 0.25) is 0 Å². The van der Waals surface area contributed by atoms with E-state index in [4.69, 9.17) is 11.3 Å². The molecular weight excluding hydrogens is 520 g/mol. The van der Waals surface area contributed by atoms with E-state index in [1.165, 1.54) is 0 Å². The molecule has 1 heterocycles. The first-order valence-corrected chi connectivity index (χ1v) is 14.4. The summed E-state index contributed by atoms with van der Waals surface area (Å²) < 4.78 is 48.8.